The van der Waals surface area contributed by atoms with Crippen LogP contribution in [0.4, 0.5) is 5.69 Å². The average Bonchev–Trinajstić information content (AvgIpc) is 2.58. The summed E-state index contributed by atoms with van der Waals surface area (Å²) in [4.78, 5) is 32.0. The SMILES string of the molecule is CN1C(=O)[C@@](C)(C(=O)NCc2ccccn2)Sc2ccccc21. The molecule has 118 valence electrons. The van der Waals surface area contributed by atoms with E-state index in [1.54, 1.807) is 25.1 Å². The van der Waals surface area contributed by atoms with Crippen molar-refractivity contribution in [1.82, 2.24) is 10.3 Å². The van der Waals surface area contributed by atoms with Crippen LogP contribution in [0, 0.1) is 0 Å². The molecule has 5 nitrogen and oxygen atoms in total. The normalized spacial score (nSPS) is 20.1. The van der Waals surface area contributed by atoms with Crippen molar-refractivity contribution in [2.75, 3.05) is 11.9 Å². The van der Waals surface area contributed by atoms with Crippen molar-refractivity contribution in [3.05, 3.63) is 54.4 Å². The number of thioether (sulfide) groups is 1. The highest BCUT2D eigenvalue weighted by Gasteiger charge is 2.48. The summed E-state index contributed by atoms with van der Waals surface area (Å²) in [5.74, 6) is -0.528. The van der Waals surface area contributed by atoms with Gasteiger partial charge in [-0.15, -0.1) is 0 Å². The van der Waals surface area contributed by atoms with Crippen LogP contribution in [0.1, 0.15) is 12.6 Å². The molecule has 1 atom stereocenters. The van der Waals surface area contributed by atoms with Gasteiger partial charge in [0.15, 0.2) is 4.75 Å². The number of para-hydroxylation sites is 1. The first-order chi connectivity index (χ1) is 11.0. The van der Waals surface area contributed by atoms with Crippen molar-refractivity contribution in [3.8, 4) is 0 Å². The molecule has 2 amide bonds. The molecule has 2 aromatic rings. The van der Waals surface area contributed by atoms with E-state index < -0.39 is 4.75 Å². The van der Waals surface area contributed by atoms with Crippen LogP contribution in [0.15, 0.2) is 53.6 Å². The number of hydrogen-bond donors (Lipinski definition) is 1. The second-order valence-electron chi connectivity index (χ2n) is 5.47. The molecule has 0 radical (unpaired) electrons. The van der Waals surface area contributed by atoms with E-state index >= 15 is 0 Å². The molecular weight excluding hydrogens is 310 g/mol. The van der Waals surface area contributed by atoms with Crippen LogP contribution in [-0.2, 0) is 16.1 Å². The summed E-state index contributed by atoms with van der Waals surface area (Å²) in [6.07, 6.45) is 1.67. The Labute approximate surface area is 139 Å². The number of nitrogens with zero attached hydrogens (tertiary/aromatic N) is 2. The number of pyridine rings is 1. The molecule has 23 heavy (non-hydrogen) atoms. The molecule has 1 aliphatic heterocycles. The number of benzene rings is 1. The molecule has 6 heteroatoms. The zero-order valence-corrected chi connectivity index (χ0v) is 13.8. The van der Waals surface area contributed by atoms with Crippen LogP contribution in [0.3, 0.4) is 0 Å². The second-order valence-corrected chi connectivity index (χ2v) is 6.93. The highest BCUT2D eigenvalue weighted by atomic mass is 32.2. The van der Waals surface area contributed by atoms with Gasteiger partial charge >= 0.3 is 0 Å². The molecule has 0 fully saturated rings. The van der Waals surface area contributed by atoms with Crippen LogP contribution < -0.4 is 10.2 Å². The van der Waals surface area contributed by atoms with E-state index in [1.165, 1.54) is 11.8 Å². The van der Waals surface area contributed by atoms with Gasteiger partial charge in [-0.2, -0.15) is 0 Å². The Kier molecular flexibility index (Phi) is 4.09. The first kappa shape index (κ1) is 15.6. The molecular formula is C17H17N3O2S. The third-order valence-corrected chi connectivity index (χ3v) is 5.18. The van der Waals surface area contributed by atoms with E-state index in [0.717, 1.165) is 16.3 Å². The maximum Gasteiger partial charge on any atom is 0.252 e. The number of rotatable bonds is 3. The van der Waals surface area contributed by atoms with E-state index in [1.807, 2.05) is 42.5 Å². The summed E-state index contributed by atoms with van der Waals surface area (Å²) in [5.41, 5.74) is 1.59. The largest absolute Gasteiger partial charge is 0.349 e. The average molecular weight is 327 g/mol. The first-order valence-corrected chi connectivity index (χ1v) is 8.08. The van der Waals surface area contributed by atoms with Gasteiger partial charge in [-0.05, 0) is 31.2 Å². The Morgan fingerprint density at radius 1 is 1.26 bits per heavy atom. The summed E-state index contributed by atoms with van der Waals surface area (Å²) in [5, 5.41) is 2.82. The number of amides is 2. The van der Waals surface area contributed by atoms with Crippen molar-refractivity contribution < 1.29 is 9.59 Å². The minimum absolute atomic E-state index is 0.222. The van der Waals surface area contributed by atoms with Gasteiger partial charge in [0, 0.05) is 18.1 Å². The highest BCUT2D eigenvalue weighted by molar-refractivity contribution is 8.02. The van der Waals surface area contributed by atoms with Crippen molar-refractivity contribution in [3.63, 3.8) is 0 Å². The predicted molar refractivity (Wildman–Crippen MR) is 90.2 cm³/mol. The molecule has 0 aliphatic carbocycles. The number of hydrogen-bond acceptors (Lipinski definition) is 4. The van der Waals surface area contributed by atoms with Gasteiger partial charge in [-0.3, -0.25) is 14.6 Å². The second kappa shape index (κ2) is 6.04. The van der Waals surface area contributed by atoms with Gasteiger partial charge in [-0.1, -0.05) is 30.0 Å². The summed E-state index contributed by atoms with van der Waals surface area (Å²) < 4.78 is -1.18. The number of fused-ring (bicyclic) bond motifs is 1. The van der Waals surface area contributed by atoms with Gasteiger partial charge in [0.25, 0.3) is 5.91 Å². The fourth-order valence-corrected chi connectivity index (χ4v) is 3.78. The van der Waals surface area contributed by atoms with Crippen LogP contribution in [-0.4, -0.2) is 28.6 Å². The van der Waals surface area contributed by atoms with E-state index in [2.05, 4.69) is 10.3 Å². The molecule has 0 saturated carbocycles. The molecule has 0 spiro atoms. The number of carbonyl (C=O) groups excluding carboxylic acids is 2. The minimum Gasteiger partial charge on any atom is -0.349 e. The van der Waals surface area contributed by atoms with E-state index in [9.17, 15) is 9.59 Å². The highest BCUT2D eigenvalue weighted by Crippen LogP contribution is 2.44. The third-order valence-electron chi connectivity index (χ3n) is 3.84. The molecule has 3 rings (SSSR count). The standard InChI is InChI=1S/C17H17N3O2S/c1-17(15(21)19-11-12-7-5-6-10-18-12)16(22)20(2)13-8-3-4-9-14(13)23-17/h3-10H,11H2,1-2H3,(H,19,21)/t17-/m1/s1. The number of aromatic nitrogens is 1. The van der Waals surface area contributed by atoms with Crippen LogP contribution in [0.5, 0.6) is 0 Å². The quantitative estimate of drug-likeness (QED) is 0.878. The van der Waals surface area contributed by atoms with Crippen LogP contribution in [0.2, 0.25) is 0 Å². The third kappa shape index (κ3) is 2.82. The Morgan fingerprint density at radius 2 is 2.00 bits per heavy atom. The Balaban J connectivity index is 1.81. The van der Waals surface area contributed by atoms with Crippen LogP contribution >= 0.6 is 11.8 Å². The molecule has 1 aromatic carbocycles. The lowest BCUT2D eigenvalue weighted by atomic mass is 10.1. The van der Waals surface area contributed by atoms with Crippen molar-refractivity contribution in [1.29, 1.82) is 0 Å². The first-order valence-electron chi connectivity index (χ1n) is 7.27. The van der Waals surface area contributed by atoms with Gasteiger partial charge in [0.05, 0.1) is 17.9 Å². The Morgan fingerprint density at radius 3 is 2.74 bits per heavy atom. The summed E-state index contributed by atoms with van der Waals surface area (Å²) in [6, 6.07) is 13.1. The molecule has 2 heterocycles. The van der Waals surface area contributed by atoms with E-state index in [0.29, 0.717) is 6.54 Å². The zero-order valence-electron chi connectivity index (χ0n) is 12.9. The maximum absolute atomic E-state index is 12.7. The lowest BCUT2D eigenvalue weighted by Crippen LogP contribution is -2.55. The van der Waals surface area contributed by atoms with Gasteiger partial charge in [-0.25, -0.2) is 0 Å². The summed E-state index contributed by atoms with van der Waals surface area (Å²) >= 11 is 1.29. The molecule has 1 aromatic heterocycles. The Hall–Kier alpha value is -2.34. The number of anilines is 1. The minimum atomic E-state index is -1.18. The molecule has 0 saturated heterocycles. The summed E-state index contributed by atoms with van der Waals surface area (Å²) in [7, 11) is 1.70. The van der Waals surface area contributed by atoms with Gasteiger partial charge in [0.2, 0.25) is 5.91 Å². The lowest BCUT2D eigenvalue weighted by molar-refractivity contribution is -0.131. The molecule has 1 aliphatic rings. The van der Waals surface area contributed by atoms with Crippen LogP contribution in [0.25, 0.3) is 0 Å². The topological polar surface area (TPSA) is 62.3 Å². The smallest absolute Gasteiger partial charge is 0.252 e. The molecule has 0 bridgehead atoms. The van der Waals surface area contributed by atoms with Gasteiger partial charge < -0.3 is 10.2 Å². The van der Waals surface area contributed by atoms with Crippen molar-refractivity contribution >= 4 is 29.3 Å². The lowest BCUT2D eigenvalue weighted by Gasteiger charge is -2.36. The monoisotopic (exact) mass is 327 g/mol. The van der Waals surface area contributed by atoms with Crippen molar-refractivity contribution in [2.24, 2.45) is 0 Å². The van der Waals surface area contributed by atoms with E-state index in [4.69, 9.17) is 0 Å². The van der Waals surface area contributed by atoms with Gasteiger partial charge in [0.1, 0.15) is 0 Å². The summed E-state index contributed by atoms with van der Waals surface area (Å²) in [6.45, 7) is 1.97. The van der Waals surface area contributed by atoms with Crippen molar-refractivity contribution in [2.45, 2.75) is 23.1 Å². The number of carbonyl (C=O) groups is 2. The fraction of sp³-hybridized carbons (Fsp3) is 0.235. The molecule has 0 unspecified atom stereocenters. The fourth-order valence-electron chi connectivity index (χ4n) is 2.50. The maximum atomic E-state index is 12.7. The molecule has 1 N–H and O–H groups in total. The number of nitrogens with one attached hydrogen (secondary N) is 1. The van der Waals surface area contributed by atoms with E-state index in [-0.39, 0.29) is 11.8 Å². The Bertz CT molecular complexity index is 751. The zero-order chi connectivity index (χ0) is 16.4. The predicted octanol–water partition coefficient (Wildman–Crippen LogP) is 2.23.